The molecule has 4 nitrogen and oxygen atoms in total. The lowest BCUT2D eigenvalue weighted by molar-refractivity contribution is -0.299. The quantitative estimate of drug-likeness (QED) is 0.680. The Morgan fingerprint density at radius 1 is 1.04 bits per heavy atom. The summed E-state index contributed by atoms with van der Waals surface area (Å²) < 4.78 is 79.4. The van der Waals surface area contributed by atoms with E-state index in [0.717, 1.165) is 30.3 Å². The number of aromatic hydroxyl groups is 1. The van der Waals surface area contributed by atoms with Crippen LogP contribution in [-0.4, -0.2) is 29.5 Å². The van der Waals surface area contributed by atoms with Gasteiger partial charge >= 0.3 is 12.4 Å². The molecule has 0 aliphatic rings. The van der Waals surface area contributed by atoms with E-state index >= 15 is 0 Å². The van der Waals surface area contributed by atoms with Crippen molar-refractivity contribution in [2.24, 2.45) is 0 Å². The standard InChI is InChI=1S/C16H10ClF6NO3/c17-8-4-5-12(25)11(6-8)13(26)24-9-2-1-3-10(7-9)27-14(15(18,19)20)16(21,22)23/h1-7,14,25H,(H,24,26). The van der Waals surface area contributed by atoms with Crippen LogP contribution in [0.4, 0.5) is 32.0 Å². The fraction of sp³-hybridized carbons (Fsp3) is 0.188. The molecular weight excluding hydrogens is 404 g/mol. The van der Waals surface area contributed by atoms with Crippen LogP contribution >= 0.6 is 11.6 Å². The van der Waals surface area contributed by atoms with Crippen molar-refractivity contribution in [2.45, 2.75) is 18.5 Å². The van der Waals surface area contributed by atoms with E-state index in [9.17, 15) is 36.2 Å². The first-order chi connectivity index (χ1) is 12.4. The van der Waals surface area contributed by atoms with Gasteiger partial charge in [0.1, 0.15) is 11.5 Å². The van der Waals surface area contributed by atoms with Gasteiger partial charge < -0.3 is 15.2 Å². The Morgan fingerprint density at radius 2 is 1.67 bits per heavy atom. The van der Waals surface area contributed by atoms with E-state index in [1.54, 1.807) is 0 Å². The topological polar surface area (TPSA) is 58.6 Å². The van der Waals surface area contributed by atoms with E-state index in [-0.39, 0.29) is 16.3 Å². The molecule has 2 N–H and O–H groups in total. The summed E-state index contributed by atoms with van der Waals surface area (Å²) in [6.45, 7) is 0. The van der Waals surface area contributed by atoms with Crippen LogP contribution in [0.5, 0.6) is 11.5 Å². The van der Waals surface area contributed by atoms with Crippen molar-refractivity contribution in [2.75, 3.05) is 5.32 Å². The summed E-state index contributed by atoms with van der Waals surface area (Å²) in [5, 5.41) is 12.0. The molecule has 1 amide bonds. The molecular formula is C16H10ClF6NO3. The third-order valence-electron chi connectivity index (χ3n) is 3.14. The van der Waals surface area contributed by atoms with Gasteiger partial charge in [-0.2, -0.15) is 26.3 Å². The highest BCUT2D eigenvalue weighted by Crippen LogP contribution is 2.37. The Labute approximate surface area is 153 Å². The van der Waals surface area contributed by atoms with Crippen molar-refractivity contribution in [3.63, 3.8) is 0 Å². The van der Waals surface area contributed by atoms with Crippen LogP contribution < -0.4 is 10.1 Å². The average Bonchev–Trinajstić information content (AvgIpc) is 2.53. The SMILES string of the molecule is O=C(Nc1cccc(OC(C(F)(F)F)C(F)(F)F)c1)c1cc(Cl)ccc1O. The molecule has 11 heteroatoms. The molecule has 0 bridgehead atoms. The maximum atomic E-state index is 12.6. The summed E-state index contributed by atoms with van der Waals surface area (Å²) in [6, 6.07) is 7.55. The van der Waals surface area contributed by atoms with Gasteiger partial charge in [-0.05, 0) is 30.3 Å². The van der Waals surface area contributed by atoms with Gasteiger partial charge in [0.25, 0.3) is 12.0 Å². The highest BCUT2D eigenvalue weighted by Gasteiger charge is 2.59. The lowest BCUT2D eigenvalue weighted by Gasteiger charge is -2.24. The van der Waals surface area contributed by atoms with Gasteiger partial charge in [-0.3, -0.25) is 4.79 Å². The number of anilines is 1. The normalized spacial score (nSPS) is 12.1. The minimum absolute atomic E-state index is 0.133. The first-order valence-electron chi connectivity index (χ1n) is 7.08. The lowest BCUT2D eigenvalue weighted by Crippen LogP contribution is -2.46. The molecule has 0 heterocycles. The molecule has 0 unspecified atom stereocenters. The third kappa shape index (κ3) is 5.43. The fourth-order valence-electron chi connectivity index (χ4n) is 1.99. The largest absolute Gasteiger partial charge is 0.507 e. The molecule has 2 rings (SSSR count). The Morgan fingerprint density at radius 3 is 2.26 bits per heavy atom. The zero-order valence-electron chi connectivity index (χ0n) is 13.0. The number of phenolic OH excluding ortho intramolecular Hbond substituents is 1. The number of phenols is 1. The Balaban J connectivity index is 2.22. The second-order valence-corrected chi connectivity index (χ2v) is 5.66. The van der Waals surface area contributed by atoms with E-state index in [1.807, 2.05) is 0 Å². The highest BCUT2D eigenvalue weighted by molar-refractivity contribution is 6.31. The van der Waals surface area contributed by atoms with Crippen LogP contribution in [0.1, 0.15) is 10.4 Å². The van der Waals surface area contributed by atoms with Crippen LogP contribution in [0.15, 0.2) is 42.5 Å². The maximum Gasteiger partial charge on any atom is 0.434 e. The smallest absolute Gasteiger partial charge is 0.434 e. The summed E-state index contributed by atoms with van der Waals surface area (Å²) in [4.78, 5) is 12.1. The maximum absolute atomic E-state index is 12.6. The third-order valence-corrected chi connectivity index (χ3v) is 3.38. The zero-order valence-corrected chi connectivity index (χ0v) is 13.8. The first-order valence-corrected chi connectivity index (χ1v) is 7.46. The zero-order chi connectivity index (χ0) is 20.4. The van der Waals surface area contributed by atoms with Crippen LogP contribution in [0, 0.1) is 0 Å². The van der Waals surface area contributed by atoms with E-state index < -0.39 is 35.9 Å². The number of benzene rings is 2. The monoisotopic (exact) mass is 413 g/mol. The van der Waals surface area contributed by atoms with Gasteiger partial charge in [0.2, 0.25) is 0 Å². The molecule has 0 aliphatic heterocycles. The Hall–Kier alpha value is -2.62. The number of nitrogens with one attached hydrogen (secondary N) is 1. The number of hydrogen-bond acceptors (Lipinski definition) is 3. The van der Waals surface area contributed by atoms with Crippen LogP contribution in [-0.2, 0) is 0 Å². The van der Waals surface area contributed by atoms with Crippen LogP contribution in [0.3, 0.4) is 0 Å². The van der Waals surface area contributed by atoms with Crippen molar-refractivity contribution < 1.29 is 41.0 Å². The van der Waals surface area contributed by atoms with Crippen molar-refractivity contribution in [1.29, 1.82) is 0 Å². The number of hydrogen-bond donors (Lipinski definition) is 2. The Bertz CT molecular complexity index is 824. The van der Waals surface area contributed by atoms with Crippen molar-refractivity contribution in [1.82, 2.24) is 0 Å². The molecule has 0 spiro atoms. The molecule has 0 aliphatic carbocycles. The molecule has 27 heavy (non-hydrogen) atoms. The highest BCUT2D eigenvalue weighted by atomic mass is 35.5. The van der Waals surface area contributed by atoms with E-state index in [1.165, 1.54) is 12.1 Å². The van der Waals surface area contributed by atoms with Gasteiger partial charge in [0.05, 0.1) is 5.56 Å². The molecule has 0 radical (unpaired) electrons. The van der Waals surface area contributed by atoms with Crippen molar-refractivity contribution >= 4 is 23.2 Å². The summed E-state index contributed by atoms with van der Waals surface area (Å²) in [7, 11) is 0. The van der Waals surface area contributed by atoms with E-state index in [2.05, 4.69) is 10.1 Å². The number of halogens is 7. The number of carbonyl (C=O) groups is 1. The number of rotatable bonds is 4. The number of amides is 1. The first kappa shape index (κ1) is 20.7. The molecule has 0 fully saturated rings. The minimum atomic E-state index is -5.68. The van der Waals surface area contributed by atoms with Gasteiger partial charge in [-0.25, -0.2) is 0 Å². The van der Waals surface area contributed by atoms with E-state index in [0.29, 0.717) is 0 Å². The summed E-state index contributed by atoms with van der Waals surface area (Å²) in [5.41, 5.74) is -0.391. The van der Waals surface area contributed by atoms with Crippen LogP contribution in [0.2, 0.25) is 5.02 Å². The fourth-order valence-corrected chi connectivity index (χ4v) is 2.16. The van der Waals surface area contributed by atoms with E-state index in [4.69, 9.17) is 11.6 Å². The predicted molar refractivity (Wildman–Crippen MR) is 84.0 cm³/mol. The average molecular weight is 414 g/mol. The number of ether oxygens (including phenoxy) is 1. The van der Waals surface area contributed by atoms with Gasteiger partial charge in [0, 0.05) is 16.8 Å². The molecule has 146 valence electrons. The molecule has 0 aromatic heterocycles. The van der Waals surface area contributed by atoms with Gasteiger partial charge in [-0.1, -0.05) is 17.7 Å². The second kappa shape index (κ2) is 7.55. The number of alkyl halides is 6. The molecule has 0 saturated heterocycles. The molecule has 0 atom stereocenters. The minimum Gasteiger partial charge on any atom is -0.507 e. The molecule has 2 aromatic rings. The second-order valence-electron chi connectivity index (χ2n) is 5.22. The van der Waals surface area contributed by atoms with Crippen molar-refractivity contribution in [3.05, 3.63) is 53.1 Å². The summed E-state index contributed by atoms with van der Waals surface area (Å²) >= 11 is 5.71. The summed E-state index contributed by atoms with van der Waals surface area (Å²) in [5.74, 6) is -2.06. The lowest BCUT2D eigenvalue weighted by atomic mass is 10.2. The van der Waals surface area contributed by atoms with Crippen molar-refractivity contribution in [3.8, 4) is 11.5 Å². The van der Waals surface area contributed by atoms with Gasteiger partial charge in [-0.15, -0.1) is 0 Å². The van der Waals surface area contributed by atoms with Gasteiger partial charge in [0.15, 0.2) is 0 Å². The summed E-state index contributed by atoms with van der Waals surface area (Å²) in [6.07, 6.45) is -15.4. The molecule has 2 aromatic carbocycles. The number of carbonyl (C=O) groups excluding carboxylic acids is 1. The molecule has 0 saturated carbocycles. The predicted octanol–water partition coefficient (Wildman–Crippen LogP) is 5.17. The Kier molecular flexibility index (Phi) is 5.79. The van der Waals surface area contributed by atoms with Crippen LogP contribution in [0.25, 0.3) is 0 Å².